The number of carbonyl (C=O) groups excluding carboxylic acids is 1. The smallest absolute Gasteiger partial charge is 0.311 e. The zero-order valence-corrected chi connectivity index (χ0v) is 12.1. The maximum atomic E-state index is 13.7. The van der Waals surface area contributed by atoms with E-state index < -0.39 is 16.6 Å². The third-order valence-corrected chi connectivity index (χ3v) is 3.13. The van der Waals surface area contributed by atoms with Crippen LogP contribution < -0.4 is 10.1 Å². The first kappa shape index (κ1) is 15.7. The zero-order valence-electron chi connectivity index (χ0n) is 11.3. The molecular weight excluding hydrogens is 315 g/mol. The van der Waals surface area contributed by atoms with Crippen molar-refractivity contribution in [3.8, 4) is 5.75 Å². The summed E-state index contributed by atoms with van der Waals surface area (Å²) in [5, 5.41) is 13.1. The van der Waals surface area contributed by atoms with Gasteiger partial charge in [-0.3, -0.25) is 14.9 Å². The molecule has 0 aliphatic heterocycles. The third kappa shape index (κ3) is 3.15. The van der Waals surface area contributed by atoms with Crippen molar-refractivity contribution in [2.75, 3.05) is 12.4 Å². The van der Waals surface area contributed by atoms with Crippen molar-refractivity contribution in [3.05, 3.63) is 62.9 Å². The second-order valence-electron chi connectivity index (χ2n) is 4.20. The first-order valence-electron chi connectivity index (χ1n) is 6.02. The van der Waals surface area contributed by atoms with E-state index in [4.69, 9.17) is 16.3 Å². The average Bonchev–Trinajstić information content (AvgIpc) is 2.51. The Morgan fingerprint density at radius 1 is 1.36 bits per heavy atom. The second kappa shape index (κ2) is 6.40. The summed E-state index contributed by atoms with van der Waals surface area (Å²) in [5.41, 5.74) is -0.482. The van der Waals surface area contributed by atoms with E-state index >= 15 is 0 Å². The first-order chi connectivity index (χ1) is 10.4. The number of carbonyl (C=O) groups is 1. The van der Waals surface area contributed by atoms with E-state index in [0.29, 0.717) is 0 Å². The summed E-state index contributed by atoms with van der Waals surface area (Å²) in [5.74, 6) is -1.46. The summed E-state index contributed by atoms with van der Waals surface area (Å²) >= 11 is 5.62. The van der Waals surface area contributed by atoms with Crippen LogP contribution in [-0.4, -0.2) is 17.9 Å². The fraction of sp³-hybridized carbons (Fsp3) is 0.0714. The number of hydrogen-bond donors (Lipinski definition) is 1. The van der Waals surface area contributed by atoms with Crippen LogP contribution >= 0.6 is 11.6 Å². The van der Waals surface area contributed by atoms with Crippen LogP contribution in [0.1, 0.15) is 10.4 Å². The summed E-state index contributed by atoms with van der Waals surface area (Å²) in [7, 11) is 1.28. The van der Waals surface area contributed by atoms with Gasteiger partial charge in [0, 0.05) is 11.6 Å². The molecule has 6 nitrogen and oxygen atoms in total. The van der Waals surface area contributed by atoms with Crippen LogP contribution in [-0.2, 0) is 0 Å². The Balaban J connectivity index is 2.32. The van der Waals surface area contributed by atoms with Crippen LogP contribution in [0.4, 0.5) is 15.8 Å². The molecule has 2 aromatic carbocycles. The van der Waals surface area contributed by atoms with Crippen molar-refractivity contribution in [1.82, 2.24) is 0 Å². The molecule has 0 aliphatic carbocycles. The summed E-state index contributed by atoms with van der Waals surface area (Å²) in [6, 6.07) is 7.82. The lowest BCUT2D eigenvalue weighted by atomic mass is 10.1. The number of anilines is 1. The number of nitro benzene ring substituents is 1. The Hall–Kier alpha value is -2.67. The highest BCUT2D eigenvalue weighted by atomic mass is 35.5. The Morgan fingerprint density at radius 3 is 2.73 bits per heavy atom. The maximum Gasteiger partial charge on any atom is 0.311 e. The number of ether oxygens (including phenoxy) is 1. The number of amides is 1. The van der Waals surface area contributed by atoms with Crippen LogP contribution in [0, 0.1) is 15.9 Å². The van der Waals surface area contributed by atoms with Gasteiger partial charge in [0.2, 0.25) is 0 Å². The number of benzene rings is 2. The lowest BCUT2D eigenvalue weighted by Gasteiger charge is -2.08. The summed E-state index contributed by atoms with van der Waals surface area (Å²) in [4.78, 5) is 22.3. The number of rotatable bonds is 4. The van der Waals surface area contributed by atoms with Crippen molar-refractivity contribution >= 4 is 28.9 Å². The Morgan fingerprint density at radius 2 is 2.09 bits per heavy atom. The average molecular weight is 325 g/mol. The Labute approximate surface area is 129 Å². The predicted octanol–water partition coefficient (Wildman–Crippen LogP) is 3.65. The van der Waals surface area contributed by atoms with Crippen LogP contribution in [0.15, 0.2) is 36.4 Å². The van der Waals surface area contributed by atoms with Crippen LogP contribution in [0.5, 0.6) is 5.75 Å². The molecule has 2 rings (SSSR count). The fourth-order valence-electron chi connectivity index (χ4n) is 1.77. The SMILES string of the molecule is COc1ccc(C(=O)Nc2cccc(Cl)c2F)cc1[N+](=O)[O-]. The van der Waals surface area contributed by atoms with E-state index in [1.54, 1.807) is 0 Å². The maximum absolute atomic E-state index is 13.7. The molecule has 8 heteroatoms. The number of hydrogen-bond acceptors (Lipinski definition) is 4. The fourth-order valence-corrected chi connectivity index (χ4v) is 1.94. The highest BCUT2D eigenvalue weighted by molar-refractivity contribution is 6.31. The molecule has 1 N–H and O–H groups in total. The van der Waals surface area contributed by atoms with E-state index in [0.717, 1.165) is 6.07 Å². The predicted molar refractivity (Wildman–Crippen MR) is 79.0 cm³/mol. The topological polar surface area (TPSA) is 81.5 Å². The molecule has 0 aromatic heterocycles. The molecule has 0 aliphatic rings. The van der Waals surface area contributed by atoms with Gasteiger partial charge < -0.3 is 10.1 Å². The van der Waals surface area contributed by atoms with Crippen molar-refractivity contribution in [1.29, 1.82) is 0 Å². The number of halogens is 2. The molecule has 0 unspecified atom stereocenters. The molecule has 0 bridgehead atoms. The van der Waals surface area contributed by atoms with Crippen LogP contribution in [0.25, 0.3) is 0 Å². The Bertz CT molecular complexity index is 752. The largest absolute Gasteiger partial charge is 0.490 e. The van der Waals surface area contributed by atoms with Gasteiger partial charge in [-0.1, -0.05) is 17.7 Å². The molecule has 0 fully saturated rings. The van der Waals surface area contributed by atoms with E-state index in [1.807, 2.05) is 0 Å². The minimum Gasteiger partial charge on any atom is -0.490 e. The van der Waals surface area contributed by atoms with Gasteiger partial charge in [0.1, 0.15) is 0 Å². The van der Waals surface area contributed by atoms with Gasteiger partial charge in [-0.15, -0.1) is 0 Å². The summed E-state index contributed by atoms with van der Waals surface area (Å²) in [6.45, 7) is 0. The van der Waals surface area contributed by atoms with Gasteiger partial charge in [-0.2, -0.15) is 0 Å². The van der Waals surface area contributed by atoms with Crippen LogP contribution in [0.2, 0.25) is 5.02 Å². The van der Waals surface area contributed by atoms with Gasteiger partial charge in [0.05, 0.1) is 22.7 Å². The lowest BCUT2D eigenvalue weighted by molar-refractivity contribution is -0.385. The number of methoxy groups -OCH3 is 1. The number of nitro groups is 1. The van der Waals surface area contributed by atoms with Gasteiger partial charge in [-0.25, -0.2) is 4.39 Å². The van der Waals surface area contributed by atoms with E-state index in [1.165, 1.54) is 37.4 Å². The quantitative estimate of drug-likeness (QED) is 0.687. The standard InChI is InChI=1S/C14H10ClFN2O4/c1-22-12-6-5-8(7-11(12)18(20)21)14(19)17-10-4-2-3-9(15)13(10)16/h2-7H,1H3,(H,17,19). The number of nitrogens with one attached hydrogen (secondary N) is 1. The zero-order chi connectivity index (χ0) is 16.3. The molecule has 0 saturated carbocycles. The van der Waals surface area contributed by atoms with Crippen molar-refractivity contribution in [2.24, 2.45) is 0 Å². The molecule has 114 valence electrons. The van der Waals surface area contributed by atoms with Crippen molar-refractivity contribution < 1.29 is 18.8 Å². The van der Waals surface area contributed by atoms with Gasteiger partial charge >= 0.3 is 5.69 Å². The van der Waals surface area contributed by atoms with Gasteiger partial charge in [0.25, 0.3) is 5.91 Å². The van der Waals surface area contributed by atoms with Gasteiger partial charge in [0.15, 0.2) is 11.6 Å². The molecule has 0 atom stereocenters. The molecule has 0 saturated heterocycles. The highest BCUT2D eigenvalue weighted by Crippen LogP contribution is 2.28. The van der Waals surface area contributed by atoms with E-state index in [9.17, 15) is 19.3 Å². The minimum absolute atomic E-state index is 0.00752. The second-order valence-corrected chi connectivity index (χ2v) is 4.61. The lowest BCUT2D eigenvalue weighted by Crippen LogP contribution is -2.13. The highest BCUT2D eigenvalue weighted by Gasteiger charge is 2.19. The number of nitrogens with zero attached hydrogens (tertiary/aromatic N) is 1. The normalized spacial score (nSPS) is 10.1. The molecule has 22 heavy (non-hydrogen) atoms. The van der Waals surface area contributed by atoms with Gasteiger partial charge in [-0.05, 0) is 24.3 Å². The van der Waals surface area contributed by atoms with E-state index in [2.05, 4.69) is 5.32 Å². The monoisotopic (exact) mass is 324 g/mol. The summed E-state index contributed by atoms with van der Waals surface area (Å²) < 4.78 is 18.6. The molecule has 1 amide bonds. The third-order valence-electron chi connectivity index (χ3n) is 2.84. The van der Waals surface area contributed by atoms with Crippen molar-refractivity contribution in [2.45, 2.75) is 0 Å². The summed E-state index contributed by atoms with van der Waals surface area (Å²) in [6.07, 6.45) is 0. The first-order valence-corrected chi connectivity index (χ1v) is 6.39. The molecule has 0 spiro atoms. The Kier molecular flexibility index (Phi) is 4.57. The molecule has 0 heterocycles. The molecular formula is C14H10ClFN2O4. The minimum atomic E-state index is -0.777. The molecule has 0 radical (unpaired) electrons. The van der Waals surface area contributed by atoms with Crippen molar-refractivity contribution in [3.63, 3.8) is 0 Å². The molecule has 2 aromatic rings. The van der Waals surface area contributed by atoms with Crippen LogP contribution in [0.3, 0.4) is 0 Å². The van der Waals surface area contributed by atoms with E-state index in [-0.39, 0.29) is 27.7 Å².